The van der Waals surface area contributed by atoms with Crippen LogP contribution >= 0.6 is 15.9 Å². The van der Waals surface area contributed by atoms with E-state index in [1.807, 2.05) is 18.2 Å². The topological polar surface area (TPSA) is 49.8 Å². The molecule has 1 heterocycles. The molecule has 1 aromatic carbocycles. The van der Waals surface area contributed by atoms with Crippen molar-refractivity contribution in [2.45, 2.75) is 6.42 Å². The Morgan fingerprint density at radius 1 is 1.41 bits per heavy atom. The fourth-order valence-corrected chi connectivity index (χ4v) is 2.57. The molecule has 1 aromatic rings. The minimum atomic E-state index is -0.809. The van der Waals surface area contributed by atoms with Gasteiger partial charge >= 0.3 is 5.97 Å². The molecule has 17 heavy (non-hydrogen) atoms. The van der Waals surface area contributed by atoms with Crippen molar-refractivity contribution in [3.63, 3.8) is 0 Å². The van der Waals surface area contributed by atoms with Crippen LogP contribution in [0.4, 0.5) is 5.69 Å². The van der Waals surface area contributed by atoms with E-state index in [9.17, 15) is 4.79 Å². The number of rotatable bonds is 3. The first kappa shape index (κ1) is 12.4. The second-order valence-electron chi connectivity index (χ2n) is 3.96. The number of aliphatic carboxylic acids is 1. The molecule has 0 bridgehead atoms. The Kier molecular flexibility index (Phi) is 4.02. The number of hydrogen-bond donors (Lipinski definition) is 1. The highest BCUT2D eigenvalue weighted by atomic mass is 79.9. The zero-order chi connectivity index (χ0) is 12.3. The predicted molar refractivity (Wildman–Crippen MR) is 68.5 cm³/mol. The average Bonchev–Trinajstić information content (AvgIpc) is 2.29. The van der Waals surface area contributed by atoms with Crippen molar-refractivity contribution >= 4 is 27.6 Å². The van der Waals surface area contributed by atoms with Crippen LogP contribution in [0, 0.1) is 0 Å². The summed E-state index contributed by atoms with van der Waals surface area (Å²) in [5, 5.41) is 8.73. The average molecular weight is 300 g/mol. The van der Waals surface area contributed by atoms with Gasteiger partial charge in [-0.1, -0.05) is 6.07 Å². The van der Waals surface area contributed by atoms with E-state index in [1.165, 1.54) is 0 Å². The molecule has 2 rings (SSSR count). The van der Waals surface area contributed by atoms with E-state index in [1.54, 1.807) is 0 Å². The minimum absolute atomic E-state index is 0.0575. The number of benzene rings is 1. The van der Waals surface area contributed by atoms with E-state index < -0.39 is 5.97 Å². The van der Waals surface area contributed by atoms with Crippen LogP contribution in [0.15, 0.2) is 22.7 Å². The first-order valence-electron chi connectivity index (χ1n) is 5.50. The summed E-state index contributed by atoms with van der Waals surface area (Å²) in [7, 11) is 0. The van der Waals surface area contributed by atoms with Gasteiger partial charge in [-0.2, -0.15) is 0 Å². The Bertz CT molecular complexity index is 416. The number of halogens is 1. The Morgan fingerprint density at radius 3 is 2.71 bits per heavy atom. The van der Waals surface area contributed by atoms with Gasteiger partial charge in [0.2, 0.25) is 0 Å². The van der Waals surface area contributed by atoms with E-state index in [2.05, 4.69) is 20.8 Å². The van der Waals surface area contributed by atoms with Crippen molar-refractivity contribution in [2.24, 2.45) is 0 Å². The third-order valence-corrected chi connectivity index (χ3v) is 3.35. The SMILES string of the molecule is O=C(O)Cc1ccc(N2CCOCC2)c(Br)c1. The fourth-order valence-electron chi connectivity index (χ4n) is 1.90. The monoisotopic (exact) mass is 299 g/mol. The molecule has 0 aliphatic carbocycles. The van der Waals surface area contributed by atoms with Gasteiger partial charge < -0.3 is 14.7 Å². The third-order valence-electron chi connectivity index (χ3n) is 2.72. The number of ether oxygens (including phenoxy) is 1. The molecule has 4 nitrogen and oxygen atoms in total. The van der Waals surface area contributed by atoms with Crippen molar-refractivity contribution in [3.05, 3.63) is 28.2 Å². The van der Waals surface area contributed by atoms with Gasteiger partial charge in [0.1, 0.15) is 0 Å². The van der Waals surface area contributed by atoms with Crippen LogP contribution in [0.25, 0.3) is 0 Å². The van der Waals surface area contributed by atoms with Crippen LogP contribution in [0.2, 0.25) is 0 Å². The quantitative estimate of drug-likeness (QED) is 0.926. The molecule has 1 saturated heterocycles. The van der Waals surface area contributed by atoms with Crippen molar-refractivity contribution in [3.8, 4) is 0 Å². The second-order valence-corrected chi connectivity index (χ2v) is 4.81. The van der Waals surface area contributed by atoms with E-state index in [0.717, 1.165) is 42.0 Å². The van der Waals surface area contributed by atoms with Crippen LogP contribution in [-0.2, 0) is 16.0 Å². The molecule has 1 N–H and O–H groups in total. The first-order valence-corrected chi connectivity index (χ1v) is 6.29. The summed E-state index contributed by atoms with van der Waals surface area (Å²) in [5.41, 5.74) is 1.91. The van der Waals surface area contributed by atoms with Crippen molar-refractivity contribution < 1.29 is 14.6 Å². The molecule has 92 valence electrons. The third kappa shape index (κ3) is 3.20. The van der Waals surface area contributed by atoms with Crippen LogP contribution in [0.3, 0.4) is 0 Å². The Labute approximate surface area is 108 Å². The summed E-state index contributed by atoms with van der Waals surface area (Å²) in [5.74, 6) is -0.809. The number of nitrogens with zero attached hydrogens (tertiary/aromatic N) is 1. The molecular formula is C12H14BrNO3. The lowest BCUT2D eigenvalue weighted by Crippen LogP contribution is -2.36. The van der Waals surface area contributed by atoms with Gasteiger partial charge in [0.25, 0.3) is 0 Å². The van der Waals surface area contributed by atoms with Crippen molar-refractivity contribution in [1.82, 2.24) is 0 Å². The van der Waals surface area contributed by atoms with Gasteiger partial charge in [-0.05, 0) is 33.6 Å². The van der Waals surface area contributed by atoms with Crippen LogP contribution in [0.1, 0.15) is 5.56 Å². The largest absolute Gasteiger partial charge is 0.481 e. The summed E-state index contributed by atoms with van der Waals surface area (Å²) in [6.45, 7) is 3.22. The minimum Gasteiger partial charge on any atom is -0.481 e. The van der Waals surface area contributed by atoms with Crippen LogP contribution < -0.4 is 4.90 Å². The summed E-state index contributed by atoms with van der Waals surface area (Å²) < 4.78 is 6.25. The molecule has 5 heteroatoms. The lowest BCUT2D eigenvalue weighted by Gasteiger charge is -2.29. The van der Waals surface area contributed by atoms with Gasteiger partial charge in [-0.25, -0.2) is 0 Å². The molecule has 0 unspecified atom stereocenters. The molecule has 0 saturated carbocycles. The maximum atomic E-state index is 10.6. The normalized spacial score (nSPS) is 15.9. The molecule has 1 fully saturated rings. The maximum absolute atomic E-state index is 10.6. The molecular weight excluding hydrogens is 286 g/mol. The highest BCUT2D eigenvalue weighted by molar-refractivity contribution is 9.10. The van der Waals surface area contributed by atoms with Gasteiger partial charge in [-0.15, -0.1) is 0 Å². The number of anilines is 1. The Hall–Kier alpha value is -1.07. The first-order chi connectivity index (χ1) is 8.16. The number of carboxylic acids is 1. The molecule has 0 amide bonds. The summed E-state index contributed by atoms with van der Waals surface area (Å²) >= 11 is 3.50. The van der Waals surface area contributed by atoms with Gasteiger partial charge in [0.05, 0.1) is 25.3 Å². The summed E-state index contributed by atoms with van der Waals surface area (Å²) in [6.07, 6.45) is 0.0575. The smallest absolute Gasteiger partial charge is 0.307 e. The van der Waals surface area contributed by atoms with E-state index in [4.69, 9.17) is 9.84 Å². The van der Waals surface area contributed by atoms with Crippen molar-refractivity contribution in [2.75, 3.05) is 31.2 Å². The number of hydrogen-bond acceptors (Lipinski definition) is 3. The van der Waals surface area contributed by atoms with E-state index in [-0.39, 0.29) is 6.42 Å². The van der Waals surface area contributed by atoms with Crippen LogP contribution in [-0.4, -0.2) is 37.4 Å². The zero-order valence-corrected chi connectivity index (χ0v) is 10.9. The van der Waals surface area contributed by atoms with Crippen LogP contribution in [0.5, 0.6) is 0 Å². The van der Waals surface area contributed by atoms with E-state index in [0.29, 0.717) is 0 Å². The maximum Gasteiger partial charge on any atom is 0.307 e. The number of morpholine rings is 1. The lowest BCUT2D eigenvalue weighted by molar-refractivity contribution is -0.136. The van der Waals surface area contributed by atoms with Gasteiger partial charge in [0.15, 0.2) is 0 Å². The van der Waals surface area contributed by atoms with E-state index >= 15 is 0 Å². The molecule has 0 aromatic heterocycles. The summed E-state index contributed by atoms with van der Waals surface area (Å²) in [6, 6.07) is 5.70. The second kappa shape index (κ2) is 5.51. The molecule has 0 atom stereocenters. The fraction of sp³-hybridized carbons (Fsp3) is 0.417. The standard InChI is InChI=1S/C12H14BrNO3/c13-10-7-9(8-12(15)16)1-2-11(10)14-3-5-17-6-4-14/h1-2,7H,3-6,8H2,(H,15,16). The highest BCUT2D eigenvalue weighted by Gasteiger charge is 2.14. The predicted octanol–water partition coefficient (Wildman–Crippen LogP) is 1.91. The van der Waals surface area contributed by atoms with Gasteiger partial charge in [0, 0.05) is 17.6 Å². The molecule has 0 radical (unpaired) electrons. The lowest BCUT2D eigenvalue weighted by atomic mass is 10.1. The molecule has 0 spiro atoms. The summed E-state index contributed by atoms with van der Waals surface area (Å²) in [4.78, 5) is 12.9. The van der Waals surface area contributed by atoms with Crippen molar-refractivity contribution in [1.29, 1.82) is 0 Å². The Balaban J connectivity index is 2.15. The van der Waals surface area contributed by atoms with Gasteiger partial charge in [-0.3, -0.25) is 4.79 Å². The number of carboxylic acid groups (broad SMARTS) is 1. The molecule has 1 aliphatic rings. The zero-order valence-electron chi connectivity index (χ0n) is 9.36. The Morgan fingerprint density at radius 2 is 2.12 bits per heavy atom. The number of carbonyl (C=O) groups is 1. The highest BCUT2D eigenvalue weighted by Crippen LogP contribution is 2.28. The molecule has 1 aliphatic heterocycles.